The number of amides is 1. The normalized spacial score (nSPS) is 11.9. The fourth-order valence-electron chi connectivity index (χ4n) is 1.69. The molecule has 1 rings (SSSR count). The summed E-state index contributed by atoms with van der Waals surface area (Å²) >= 11 is 0. The van der Waals surface area contributed by atoms with Gasteiger partial charge in [-0.1, -0.05) is 34.6 Å². The Labute approximate surface area is 161 Å². The van der Waals surface area contributed by atoms with E-state index >= 15 is 0 Å². The highest BCUT2D eigenvalue weighted by molar-refractivity contribution is 14.0. The standard InChI is InChI=1S/C16H29N5O2.HI/c1-11(2)14(22)18-7-8-19-15(17-6)21-10-13-20-9-12(23-13)16(3,4)5;/h9,11H,7-8,10H2,1-6H3,(H,18,22)(H2,17,19,21);1H. The summed E-state index contributed by atoms with van der Waals surface area (Å²) in [6, 6.07) is 0. The van der Waals surface area contributed by atoms with Crippen molar-refractivity contribution in [1.29, 1.82) is 0 Å². The SMILES string of the molecule is CN=C(NCCNC(=O)C(C)C)NCc1ncc(C(C)(C)C)o1.I. The second kappa shape index (κ2) is 10.5. The maximum absolute atomic E-state index is 11.4. The molecule has 138 valence electrons. The predicted octanol–water partition coefficient (Wildman–Crippen LogP) is 2.03. The number of hydrogen-bond acceptors (Lipinski definition) is 4. The zero-order chi connectivity index (χ0) is 17.5. The van der Waals surface area contributed by atoms with E-state index in [1.54, 1.807) is 13.2 Å². The lowest BCUT2D eigenvalue weighted by Gasteiger charge is -2.13. The molecule has 1 aromatic heterocycles. The van der Waals surface area contributed by atoms with Gasteiger partial charge in [-0.3, -0.25) is 9.79 Å². The fourth-order valence-corrected chi connectivity index (χ4v) is 1.69. The van der Waals surface area contributed by atoms with Gasteiger partial charge in [-0.15, -0.1) is 24.0 Å². The number of carbonyl (C=O) groups excluding carboxylic acids is 1. The minimum absolute atomic E-state index is 0. The average molecular weight is 451 g/mol. The first kappa shape index (κ1) is 22.7. The van der Waals surface area contributed by atoms with Gasteiger partial charge in [0.2, 0.25) is 11.8 Å². The van der Waals surface area contributed by atoms with E-state index < -0.39 is 0 Å². The van der Waals surface area contributed by atoms with Gasteiger partial charge in [0.1, 0.15) is 5.76 Å². The summed E-state index contributed by atoms with van der Waals surface area (Å²) in [4.78, 5) is 19.8. The number of nitrogens with zero attached hydrogens (tertiary/aromatic N) is 2. The number of aromatic nitrogens is 1. The van der Waals surface area contributed by atoms with E-state index in [0.29, 0.717) is 31.5 Å². The van der Waals surface area contributed by atoms with E-state index in [4.69, 9.17) is 4.42 Å². The number of carbonyl (C=O) groups is 1. The van der Waals surface area contributed by atoms with E-state index in [-0.39, 0.29) is 41.2 Å². The zero-order valence-corrected chi connectivity index (χ0v) is 17.7. The second-order valence-electron chi connectivity index (χ2n) is 6.67. The molecule has 1 amide bonds. The maximum Gasteiger partial charge on any atom is 0.222 e. The van der Waals surface area contributed by atoms with E-state index in [2.05, 4.69) is 46.7 Å². The van der Waals surface area contributed by atoms with Crippen LogP contribution in [-0.4, -0.2) is 37.0 Å². The summed E-state index contributed by atoms with van der Waals surface area (Å²) in [5.41, 5.74) is -0.0558. The van der Waals surface area contributed by atoms with Gasteiger partial charge < -0.3 is 20.4 Å². The average Bonchev–Trinajstić information content (AvgIpc) is 2.95. The Balaban J connectivity index is 0.00000529. The van der Waals surface area contributed by atoms with Crippen LogP contribution < -0.4 is 16.0 Å². The molecule has 0 unspecified atom stereocenters. The van der Waals surface area contributed by atoms with Crippen molar-refractivity contribution in [2.45, 2.75) is 46.6 Å². The lowest BCUT2D eigenvalue weighted by atomic mass is 9.94. The molecule has 7 nitrogen and oxygen atoms in total. The van der Waals surface area contributed by atoms with Crippen molar-refractivity contribution in [1.82, 2.24) is 20.9 Å². The Kier molecular flexibility index (Phi) is 9.95. The van der Waals surface area contributed by atoms with Crippen LogP contribution in [0.3, 0.4) is 0 Å². The molecule has 0 aliphatic heterocycles. The second-order valence-corrected chi connectivity index (χ2v) is 6.67. The molecule has 8 heteroatoms. The number of oxazole rings is 1. The van der Waals surface area contributed by atoms with Crippen molar-refractivity contribution in [3.63, 3.8) is 0 Å². The topological polar surface area (TPSA) is 91.5 Å². The molecular formula is C16H30IN5O2. The summed E-state index contributed by atoms with van der Waals surface area (Å²) in [7, 11) is 1.69. The molecular weight excluding hydrogens is 421 g/mol. The summed E-state index contributed by atoms with van der Waals surface area (Å²) in [5.74, 6) is 2.15. The molecule has 0 saturated carbocycles. The highest BCUT2D eigenvalue weighted by Gasteiger charge is 2.19. The maximum atomic E-state index is 11.4. The van der Waals surface area contributed by atoms with Crippen LogP contribution in [0, 0.1) is 5.92 Å². The Morgan fingerprint density at radius 3 is 2.38 bits per heavy atom. The molecule has 1 aromatic rings. The lowest BCUT2D eigenvalue weighted by Crippen LogP contribution is -2.41. The molecule has 0 atom stereocenters. The molecule has 0 radical (unpaired) electrons. The molecule has 3 N–H and O–H groups in total. The van der Waals surface area contributed by atoms with Crippen LogP contribution in [0.4, 0.5) is 0 Å². The van der Waals surface area contributed by atoms with E-state index in [1.807, 2.05) is 13.8 Å². The highest BCUT2D eigenvalue weighted by Crippen LogP contribution is 2.22. The van der Waals surface area contributed by atoms with Crippen LogP contribution in [0.1, 0.15) is 46.3 Å². The van der Waals surface area contributed by atoms with Gasteiger partial charge in [-0.2, -0.15) is 0 Å². The Hall–Kier alpha value is -1.32. The number of rotatable bonds is 6. The van der Waals surface area contributed by atoms with Gasteiger partial charge in [0, 0.05) is 31.5 Å². The first-order valence-corrected chi connectivity index (χ1v) is 7.91. The van der Waals surface area contributed by atoms with Crippen LogP contribution in [0.2, 0.25) is 0 Å². The zero-order valence-electron chi connectivity index (χ0n) is 15.4. The summed E-state index contributed by atoms with van der Waals surface area (Å²) < 4.78 is 5.71. The minimum atomic E-state index is -0.0558. The number of guanidine groups is 1. The predicted molar refractivity (Wildman–Crippen MR) is 107 cm³/mol. The summed E-state index contributed by atoms with van der Waals surface area (Å²) in [6.07, 6.45) is 1.76. The third-order valence-corrected chi connectivity index (χ3v) is 3.16. The van der Waals surface area contributed by atoms with Gasteiger partial charge in [-0.05, 0) is 0 Å². The molecule has 0 saturated heterocycles. The molecule has 0 fully saturated rings. The van der Waals surface area contributed by atoms with Crippen molar-refractivity contribution in [2.75, 3.05) is 20.1 Å². The molecule has 0 aliphatic rings. The van der Waals surface area contributed by atoms with Crippen LogP contribution in [0.25, 0.3) is 0 Å². The van der Waals surface area contributed by atoms with E-state index in [1.165, 1.54) is 0 Å². The first-order chi connectivity index (χ1) is 10.7. The molecule has 0 bridgehead atoms. The fraction of sp³-hybridized carbons (Fsp3) is 0.688. The van der Waals surface area contributed by atoms with Crippen molar-refractivity contribution in [3.8, 4) is 0 Å². The Morgan fingerprint density at radius 1 is 1.25 bits per heavy atom. The van der Waals surface area contributed by atoms with Crippen LogP contribution in [-0.2, 0) is 16.8 Å². The van der Waals surface area contributed by atoms with Gasteiger partial charge in [0.25, 0.3) is 0 Å². The first-order valence-electron chi connectivity index (χ1n) is 7.91. The van der Waals surface area contributed by atoms with Crippen LogP contribution >= 0.6 is 24.0 Å². The minimum Gasteiger partial charge on any atom is -0.443 e. The summed E-state index contributed by atoms with van der Waals surface area (Å²) in [6.45, 7) is 11.6. The van der Waals surface area contributed by atoms with Gasteiger partial charge >= 0.3 is 0 Å². The number of halogens is 1. The van der Waals surface area contributed by atoms with E-state index in [0.717, 1.165) is 5.76 Å². The highest BCUT2D eigenvalue weighted by atomic mass is 127. The third-order valence-electron chi connectivity index (χ3n) is 3.16. The van der Waals surface area contributed by atoms with Gasteiger partial charge in [0.15, 0.2) is 5.96 Å². The molecule has 24 heavy (non-hydrogen) atoms. The number of aliphatic imine (C=N–C) groups is 1. The van der Waals surface area contributed by atoms with E-state index in [9.17, 15) is 4.79 Å². The Bertz CT molecular complexity index is 535. The van der Waals surface area contributed by atoms with Gasteiger partial charge in [-0.25, -0.2) is 4.98 Å². The molecule has 0 spiro atoms. The molecule has 0 aliphatic carbocycles. The van der Waals surface area contributed by atoms with Crippen molar-refractivity contribution in [2.24, 2.45) is 10.9 Å². The quantitative estimate of drug-likeness (QED) is 0.267. The largest absolute Gasteiger partial charge is 0.443 e. The smallest absolute Gasteiger partial charge is 0.222 e. The third kappa shape index (κ3) is 7.98. The Morgan fingerprint density at radius 2 is 1.88 bits per heavy atom. The monoisotopic (exact) mass is 451 g/mol. The lowest BCUT2D eigenvalue weighted by molar-refractivity contribution is -0.123. The van der Waals surface area contributed by atoms with Crippen molar-refractivity contribution in [3.05, 3.63) is 17.8 Å². The number of hydrogen-bond donors (Lipinski definition) is 3. The number of nitrogens with one attached hydrogen (secondary N) is 3. The van der Waals surface area contributed by atoms with Crippen LogP contribution in [0.5, 0.6) is 0 Å². The van der Waals surface area contributed by atoms with Gasteiger partial charge in [0.05, 0.1) is 12.7 Å². The van der Waals surface area contributed by atoms with Crippen molar-refractivity contribution >= 4 is 35.8 Å². The summed E-state index contributed by atoms with van der Waals surface area (Å²) in [5, 5.41) is 9.10. The molecule has 1 heterocycles. The molecule has 0 aromatic carbocycles. The van der Waals surface area contributed by atoms with Crippen LogP contribution in [0.15, 0.2) is 15.6 Å². The van der Waals surface area contributed by atoms with Crippen molar-refractivity contribution < 1.29 is 9.21 Å².